The van der Waals surface area contributed by atoms with Crippen molar-refractivity contribution < 1.29 is 94.3 Å². The maximum Gasteiger partial charge on any atom is 0.347 e. The van der Waals surface area contributed by atoms with Gasteiger partial charge >= 0.3 is 17.9 Å². The van der Waals surface area contributed by atoms with Crippen molar-refractivity contribution in [2.75, 3.05) is 39.0 Å². The second kappa shape index (κ2) is 33.9. The van der Waals surface area contributed by atoms with Gasteiger partial charge in [0.05, 0.1) is 35.8 Å². The van der Waals surface area contributed by atoms with E-state index in [2.05, 4.69) is 31.9 Å². The molecule has 0 spiro atoms. The third-order valence-electron chi connectivity index (χ3n) is 15.1. The van der Waals surface area contributed by atoms with Gasteiger partial charge in [-0.2, -0.15) is 8.42 Å². The highest BCUT2D eigenvalue weighted by molar-refractivity contribution is 7.85. The highest BCUT2D eigenvalue weighted by Gasteiger charge is 2.48. The Balaban J connectivity index is 1.17. The third kappa shape index (κ3) is 23.6. The van der Waals surface area contributed by atoms with Crippen LogP contribution >= 0.6 is 11.6 Å². The first kappa shape index (κ1) is 73.7. The molecule has 30 heteroatoms. The van der Waals surface area contributed by atoms with Crippen LogP contribution in [0.4, 0.5) is 0 Å². The second-order valence-corrected chi connectivity index (χ2v) is 25.9. The number of nitrogens with one attached hydrogen (secondary N) is 6. The highest BCUT2D eigenvalue weighted by atomic mass is 35.5. The van der Waals surface area contributed by atoms with Crippen molar-refractivity contribution in [1.82, 2.24) is 41.9 Å². The average molecular weight is 1320 g/mol. The highest BCUT2D eigenvalue weighted by Crippen LogP contribution is 2.45. The number of halogens is 1. The van der Waals surface area contributed by atoms with Gasteiger partial charge in [-0.15, -0.1) is 5.06 Å². The van der Waals surface area contributed by atoms with Crippen LogP contribution in [0.1, 0.15) is 130 Å². The molecule has 0 unspecified atom stereocenters. The van der Waals surface area contributed by atoms with Crippen molar-refractivity contribution >= 4 is 92.8 Å². The molecule has 500 valence electrons. The zero-order valence-corrected chi connectivity index (χ0v) is 54.0. The van der Waals surface area contributed by atoms with Gasteiger partial charge in [-0.3, -0.25) is 52.5 Å². The number of hydrogen-bond donors (Lipinski definition) is 7. The molecule has 2 fully saturated rings. The second-order valence-electron chi connectivity index (χ2n) is 23.9. The zero-order chi connectivity index (χ0) is 67.5. The van der Waals surface area contributed by atoms with E-state index in [0.717, 1.165) is 10.5 Å². The number of ether oxygens (including phenoxy) is 4. The largest absolute Gasteiger partial charge is 0.495 e. The van der Waals surface area contributed by atoms with Crippen LogP contribution < -0.4 is 36.6 Å². The fourth-order valence-electron chi connectivity index (χ4n) is 9.55. The number of rotatable bonds is 28. The van der Waals surface area contributed by atoms with Crippen molar-refractivity contribution in [3.63, 3.8) is 0 Å². The van der Waals surface area contributed by atoms with Gasteiger partial charge < -0.3 is 60.6 Å². The molecule has 7 N–H and O–H groups in total. The Hall–Kier alpha value is -8.02. The maximum absolute atomic E-state index is 14.0. The molecule has 5 rings (SSSR count). The number of epoxide rings is 1. The molecule has 3 heterocycles. The first-order valence-corrected chi connectivity index (χ1v) is 31.9. The Morgan fingerprint density at radius 3 is 2.12 bits per heavy atom. The molecule has 91 heavy (non-hydrogen) atoms. The van der Waals surface area contributed by atoms with Crippen molar-refractivity contribution in [1.29, 1.82) is 0 Å². The van der Waals surface area contributed by atoms with Gasteiger partial charge in [-0.05, 0) is 73.9 Å². The van der Waals surface area contributed by atoms with Gasteiger partial charge in [0, 0.05) is 83.6 Å². The number of carbonyl (C=O) groups excluding carboxylic acids is 12. The van der Waals surface area contributed by atoms with Crippen LogP contribution in [0, 0.1) is 23.2 Å². The number of imide groups is 1. The minimum atomic E-state index is -4.37. The summed E-state index contributed by atoms with van der Waals surface area (Å²) in [7, 11) is -2.90. The maximum atomic E-state index is 14.0. The SMILES string of the molecule is COc1ccc(C[C@H]2NC(=O)/C=C\C[C@@H]([C@H](C)[C@H]3O[C@@H]3c3ccc(CNC(=O)[C@H](C)NC(=O)[C@@H](NC(=O)CCN(CCC(=O)ON4C(=O)CCC4=O)C(=O)CCC(=O)NCCS(=O)(=O)O)C(C)C)cc3)OC(=O)[C@H](CC(C)C)OC(=O)C(C)(C)CNC2=O)cc1Cl. The van der Waals surface area contributed by atoms with E-state index in [4.69, 9.17) is 39.9 Å². The number of hydroxylamine groups is 2. The quantitative estimate of drug-likeness (QED) is 0.0278. The lowest BCUT2D eigenvalue weighted by atomic mass is 9.92. The monoisotopic (exact) mass is 1310 g/mol. The van der Waals surface area contributed by atoms with E-state index in [1.807, 2.05) is 32.9 Å². The molecular weight excluding hydrogens is 1230 g/mol. The summed E-state index contributed by atoms with van der Waals surface area (Å²) in [6.07, 6.45) is -2.20. The minimum Gasteiger partial charge on any atom is -0.495 e. The number of hydrogen-bond acceptors (Lipinski definition) is 19. The molecule has 2 saturated heterocycles. The Kier molecular flexibility index (Phi) is 27.4. The molecule has 2 aromatic rings. The number of benzene rings is 2. The molecule has 9 amide bonds. The van der Waals surface area contributed by atoms with Gasteiger partial charge in [-0.1, -0.05) is 82.6 Å². The molecule has 3 aliphatic heterocycles. The first-order valence-electron chi connectivity index (χ1n) is 29.9. The molecule has 3 aliphatic rings. The summed E-state index contributed by atoms with van der Waals surface area (Å²) >= 11 is 6.38. The van der Waals surface area contributed by atoms with E-state index in [1.54, 1.807) is 58.0 Å². The molecule has 0 saturated carbocycles. The number of amides is 9. The smallest absolute Gasteiger partial charge is 0.347 e. The number of methoxy groups -OCH3 is 1. The van der Waals surface area contributed by atoms with Crippen molar-refractivity contribution in [3.05, 3.63) is 76.3 Å². The third-order valence-corrected chi connectivity index (χ3v) is 16.1. The molecule has 0 bridgehead atoms. The summed E-state index contributed by atoms with van der Waals surface area (Å²) < 4.78 is 54.4. The number of carbonyl (C=O) groups is 12. The predicted octanol–water partition coefficient (Wildman–Crippen LogP) is 2.39. The predicted molar refractivity (Wildman–Crippen MR) is 324 cm³/mol. The zero-order valence-electron chi connectivity index (χ0n) is 52.5. The number of nitrogens with zero attached hydrogens (tertiary/aromatic N) is 2. The molecular formula is C61H83ClN8O20S. The van der Waals surface area contributed by atoms with Crippen molar-refractivity contribution in [3.8, 4) is 5.75 Å². The van der Waals surface area contributed by atoms with E-state index in [1.165, 1.54) is 26.2 Å². The molecule has 28 nitrogen and oxygen atoms in total. The fraction of sp³-hybridized carbons (Fsp3) is 0.574. The van der Waals surface area contributed by atoms with E-state index in [0.29, 0.717) is 27.0 Å². The van der Waals surface area contributed by atoms with Gasteiger partial charge in [0.15, 0.2) is 6.10 Å². The van der Waals surface area contributed by atoms with Crippen LogP contribution in [0.3, 0.4) is 0 Å². The molecule has 2 aromatic carbocycles. The average Bonchev–Trinajstić information content (AvgIpc) is 1.66. The Labute approximate surface area is 533 Å². The van der Waals surface area contributed by atoms with E-state index < -0.39 is 179 Å². The standard InChI is InChI=1S/C61H83ClN8O20S/c1-34(2)29-45-59(81)87-43(11-10-12-47(72)67-42(31-39-15-18-44(86-9)41(62)30-39)57(79)65-33-61(7,8)60(82)88-45)36(5)54-55(89-54)40-16-13-38(14-17-40)32-64-56(78)37(6)66-58(80)53(35(3)4)68-48(73)23-26-69(27-24-52(77)90-70-50(75)21-22-51(70)76)49(74)20-19-46(71)63-25-28-91(83,84)85/h10,12-18,30,34-37,42-43,45,53-55H,11,19-29,31-33H2,1-9H3,(H,63,71)(H,64,78)(H,65,79)(H,66,80)(H,67,72)(H,68,73)(H,83,84,85)/b12-10-/t36-,37-,42+,43-,45-,53-,54+,55+/m0/s1. The van der Waals surface area contributed by atoms with Crippen molar-refractivity contribution in [2.45, 2.75) is 162 Å². The van der Waals surface area contributed by atoms with Gasteiger partial charge in [0.1, 0.15) is 36.1 Å². The van der Waals surface area contributed by atoms with Gasteiger partial charge in [0.25, 0.3) is 21.9 Å². The Bertz CT molecular complexity index is 3140. The van der Waals surface area contributed by atoms with Crippen LogP contribution in [-0.2, 0) is 99.7 Å². The van der Waals surface area contributed by atoms with Crippen LogP contribution in [0.25, 0.3) is 0 Å². The van der Waals surface area contributed by atoms with Gasteiger partial charge in [0.2, 0.25) is 41.4 Å². The summed E-state index contributed by atoms with van der Waals surface area (Å²) in [4.78, 5) is 163. The van der Waals surface area contributed by atoms with Crippen LogP contribution in [0.2, 0.25) is 5.02 Å². The Morgan fingerprint density at radius 1 is 0.835 bits per heavy atom. The molecule has 0 aliphatic carbocycles. The minimum absolute atomic E-state index is 0.0413. The lowest BCUT2D eigenvalue weighted by Crippen LogP contribution is -2.54. The first-order chi connectivity index (χ1) is 42.7. The van der Waals surface area contributed by atoms with Crippen LogP contribution in [-0.4, -0.2) is 169 Å². The summed E-state index contributed by atoms with van der Waals surface area (Å²) in [6.45, 7) is 12.2. The topological polar surface area (TPSA) is 387 Å². The normalized spacial score (nSPS) is 21.0. The van der Waals surface area contributed by atoms with Crippen LogP contribution in [0.5, 0.6) is 5.75 Å². The Morgan fingerprint density at radius 2 is 1.49 bits per heavy atom. The van der Waals surface area contributed by atoms with E-state index in [9.17, 15) is 66.0 Å². The van der Waals surface area contributed by atoms with Crippen molar-refractivity contribution in [2.24, 2.45) is 23.2 Å². The summed E-state index contributed by atoms with van der Waals surface area (Å²) in [5, 5.41) is 16.4. The lowest BCUT2D eigenvalue weighted by molar-refractivity contribution is -0.197. The van der Waals surface area contributed by atoms with E-state index in [-0.39, 0.29) is 64.2 Å². The molecule has 0 aromatic heterocycles. The number of cyclic esters (lactones) is 2. The summed E-state index contributed by atoms with van der Waals surface area (Å²) in [5.41, 5.74) is 0.770. The molecule has 0 radical (unpaired) electrons. The van der Waals surface area contributed by atoms with Gasteiger partial charge in [-0.25, -0.2) is 9.59 Å². The lowest BCUT2D eigenvalue weighted by Gasteiger charge is -2.29. The van der Waals surface area contributed by atoms with Crippen LogP contribution in [0.15, 0.2) is 54.6 Å². The van der Waals surface area contributed by atoms with E-state index >= 15 is 0 Å². The number of esters is 2. The molecule has 8 atom stereocenters. The fourth-order valence-corrected chi connectivity index (χ4v) is 10.2. The summed E-state index contributed by atoms with van der Waals surface area (Å²) in [6, 6.07) is 8.81. The summed E-state index contributed by atoms with van der Waals surface area (Å²) in [5.74, 6) is -10.0.